The lowest BCUT2D eigenvalue weighted by Crippen LogP contribution is -2.27. The van der Waals surface area contributed by atoms with Gasteiger partial charge in [-0.2, -0.15) is 0 Å². The van der Waals surface area contributed by atoms with Crippen LogP contribution < -0.4 is 10.9 Å². The Morgan fingerprint density at radius 3 is 2.71 bits per heavy atom. The minimum atomic E-state index is -0.483. The molecule has 0 spiro atoms. The highest BCUT2D eigenvalue weighted by Gasteiger charge is 2.20. The van der Waals surface area contributed by atoms with Crippen LogP contribution in [-0.4, -0.2) is 20.7 Å². The summed E-state index contributed by atoms with van der Waals surface area (Å²) in [4.78, 5) is 30.1. The first-order valence-corrected chi connectivity index (χ1v) is 10.5. The van der Waals surface area contributed by atoms with Crippen molar-refractivity contribution >= 4 is 57.5 Å². The number of halogens is 2. The number of thioether (sulfide) groups is 1. The van der Waals surface area contributed by atoms with E-state index in [4.69, 9.17) is 23.2 Å². The largest absolute Gasteiger partial charge is 0.324 e. The molecule has 0 bridgehead atoms. The molecule has 3 rings (SSSR count). The number of para-hydroxylation sites is 1. The Hall–Kier alpha value is -2.02. The third-order valence-electron chi connectivity index (χ3n) is 4.11. The minimum absolute atomic E-state index is 0.135. The molecule has 0 saturated heterocycles. The van der Waals surface area contributed by atoms with Crippen molar-refractivity contribution in [1.29, 1.82) is 0 Å². The number of nitrogens with zero attached hydrogens (tertiary/aromatic N) is 2. The van der Waals surface area contributed by atoms with Crippen molar-refractivity contribution in [1.82, 2.24) is 9.55 Å². The quantitative estimate of drug-likeness (QED) is 0.425. The van der Waals surface area contributed by atoms with Crippen LogP contribution in [0.2, 0.25) is 10.0 Å². The van der Waals surface area contributed by atoms with Crippen LogP contribution in [0.25, 0.3) is 10.9 Å². The van der Waals surface area contributed by atoms with Crippen molar-refractivity contribution in [3.05, 3.63) is 62.9 Å². The third-order valence-corrected chi connectivity index (χ3v) is 5.77. The van der Waals surface area contributed by atoms with E-state index in [-0.39, 0.29) is 11.5 Å². The molecule has 3 aromatic rings. The number of carbonyl (C=O) groups is 1. The summed E-state index contributed by atoms with van der Waals surface area (Å²) in [5.74, 6) is -0.221. The predicted molar refractivity (Wildman–Crippen MR) is 117 cm³/mol. The number of amides is 1. The van der Waals surface area contributed by atoms with E-state index in [9.17, 15) is 9.59 Å². The van der Waals surface area contributed by atoms with Gasteiger partial charge >= 0.3 is 0 Å². The van der Waals surface area contributed by atoms with Crippen LogP contribution in [0.15, 0.2) is 52.4 Å². The number of hydrogen-bond donors (Lipinski definition) is 1. The van der Waals surface area contributed by atoms with E-state index < -0.39 is 5.25 Å². The Labute approximate surface area is 177 Å². The summed E-state index contributed by atoms with van der Waals surface area (Å²) in [6, 6.07) is 12.1. The maximum Gasteiger partial charge on any atom is 0.262 e. The number of nitrogens with one attached hydrogen (secondary N) is 1. The number of fused-ring (bicyclic) bond motifs is 1. The lowest BCUT2D eigenvalue weighted by molar-refractivity contribution is -0.115. The minimum Gasteiger partial charge on any atom is -0.324 e. The fraction of sp³-hybridized carbons (Fsp3) is 0.250. The van der Waals surface area contributed by atoms with E-state index in [0.29, 0.717) is 38.3 Å². The van der Waals surface area contributed by atoms with E-state index in [2.05, 4.69) is 10.3 Å². The molecular formula is C20H19Cl2N3O2S. The third kappa shape index (κ3) is 4.51. The number of benzene rings is 2. The van der Waals surface area contributed by atoms with Gasteiger partial charge in [-0.3, -0.25) is 14.2 Å². The van der Waals surface area contributed by atoms with Gasteiger partial charge in [-0.15, -0.1) is 0 Å². The predicted octanol–water partition coefficient (Wildman–Crippen LogP) is 5.23. The maximum absolute atomic E-state index is 12.9. The first kappa shape index (κ1) is 20.7. The SMILES string of the molecule is CCCn1c(SC(C)C(=O)Nc2ccccc2Cl)nc2cc(Cl)ccc2c1=O. The molecule has 1 heterocycles. The number of aromatic nitrogens is 2. The van der Waals surface area contributed by atoms with Crippen LogP contribution in [0, 0.1) is 0 Å². The molecule has 28 heavy (non-hydrogen) atoms. The highest BCUT2D eigenvalue weighted by atomic mass is 35.5. The zero-order valence-electron chi connectivity index (χ0n) is 15.4. The molecule has 0 aliphatic carbocycles. The Morgan fingerprint density at radius 2 is 2.00 bits per heavy atom. The molecule has 0 aliphatic heterocycles. The second kappa shape index (κ2) is 8.99. The fourth-order valence-corrected chi connectivity index (χ4v) is 3.98. The topological polar surface area (TPSA) is 64.0 Å². The first-order chi connectivity index (χ1) is 13.4. The van der Waals surface area contributed by atoms with E-state index in [0.717, 1.165) is 6.42 Å². The van der Waals surface area contributed by atoms with Crippen molar-refractivity contribution in [2.75, 3.05) is 5.32 Å². The van der Waals surface area contributed by atoms with Gasteiger partial charge in [0.15, 0.2) is 5.16 Å². The fourth-order valence-electron chi connectivity index (χ4n) is 2.69. The summed E-state index contributed by atoms with van der Waals surface area (Å²) >= 11 is 13.4. The Balaban J connectivity index is 1.91. The highest BCUT2D eigenvalue weighted by molar-refractivity contribution is 8.00. The van der Waals surface area contributed by atoms with Crippen LogP contribution in [0.3, 0.4) is 0 Å². The van der Waals surface area contributed by atoms with Gasteiger partial charge in [0.25, 0.3) is 5.56 Å². The molecule has 0 saturated carbocycles. The van der Waals surface area contributed by atoms with Gasteiger partial charge in [-0.05, 0) is 43.7 Å². The number of anilines is 1. The van der Waals surface area contributed by atoms with E-state index in [1.165, 1.54) is 11.8 Å². The Bertz CT molecular complexity index is 1080. The van der Waals surface area contributed by atoms with Crippen LogP contribution in [-0.2, 0) is 11.3 Å². The smallest absolute Gasteiger partial charge is 0.262 e. The van der Waals surface area contributed by atoms with Crippen LogP contribution in [0.4, 0.5) is 5.69 Å². The van der Waals surface area contributed by atoms with Gasteiger partial charge in [-0.1, -0.05) is 54.0 Å². The molecule has 8 heteroatoms. The van der Waals surface area contributed by atoms with Crippen molar-refractivity contribution in [2.24, 2.45) is 0 Å². The monoisotopic (exact) mass is 435 g/mol. The number of hydrogen-bond acceptors (Lipinski definition) is 4. The first-order valence-electron chi connectivity index (χ1n) is 8.83. The van der Waals surface area contributed by atoms with Gasteiger partial charge in [0, 0.05) is 11.6 Å². The maximum atomic E-state index is 12.9. The summed E-state index contributed by atoms with van der Waals surface area (Å²) in [5.41, 5.74) is 0.932. The molecule has 1 unspecified atom stereocenters. The summed E-state index contributed by atoms with van der Waals surface area (Å²) in [6.45, 7) is 4.27. The summed E-state index contributed by atoms with van der Waals surface area (Å²) in [6.07, 6.45) is 0.772. The van der Waals surface area contributed by atoms with Gasteiger partial charge < -0.3 is 5.32 Å². The van der Waals surface area contributed by atoms with E-state index in [1.54, 1.807) is 54.0 Å². The second-order valence-electron chi connectivity index (χ2n) is 6.24. The summed E-state index contributed by atoms with van der Waals surface area (Å²) < 4.78 is 1.61. The summed E-state index contributed by atoms with van der Waals surface area (Å²) in [5, 5.41) is 4.30. The molecule has 0 fully saturated rings. The molecule has 1 atom stereocenters. The molecule has 146 valence electrons. The van der Waals surface area contributed by atoms with E-state index in [1.807, 2.05) is 6.92 Å². The molecule has 0 aliphatic rings. The van der Waals surface area contributed by atoms with Crippen LogP contribution >= 0.6 is 35.0 Å². The van der Waals surface area contributed by atoms with E-state index >= 15 is 0 Å². The average molecular weight is 436 g/mol. The van der Waals surface area contributed by atoms with Crippen LogP contribution in [0.1, 0.15) is 20.3 Å². The zero-order chi connectivity index (χ0) is 20.3. The van der Waals surface area contributed by atoms with Gasteiger partial charge in [0.1, 0.15) is 0 Å². The summed E-state index contributed by atoms with van der Waals surface area (Å²) in [7, 11) is 0. The normalized spacial score (nSPS) is 12.1. The second-order valence-corrected chi connectivity index (χ2v) is 8.39. The highest BCUT2D eigenvalue weighted by Crippen LogP contribution is 2.26. The van der Waals surface area contributed by atoms with Crippen molar-refractivity contribution in [3.8, 4) is 0 Å². The Kier molecular flexibility index (Phi) is 6.65. The molecule has 1 amide bonds. The molecule has 2 aromatic carbocycles. The Morgan fingerprint density at radius 1 is 1.25 bits per heavy atom. The lowest BCUT2D eigenvalue weighted by atomic mass is 10.2. The van der Waals surface area contributed by atoms with Gasteiger partial charge in [0.05, 0.1) is 26.9 Å². The van der Waals surface area contributed by atoms with Gasteiger partial charge in [-0.25, -0.2) is 4.98 Å². The zero-order valence-corrected chi connectivity index (χ0v) is 17.7. The van der Waals surface area contributed by atoms with Gasteiger partial charge in [0.2, 0.25) is 5.91 Å². The van der Waals surface area contributed by atoms with Crippen molar-refractivity contribution in [2.45, 2.75) is 37.2 Å². The molecule has 1 aromatic heterocycles. The average Bonchev–Trinajstić information content (AvgIpc) is 2.66. The standard InChI is InChI=1S/C20H19Cl2N3O2S/c1-3-10-25-19(27)14-9-8-13(21)11-17(14)24-20(25)28-12(2)18(26)23-16-7-5-4-6-15(16)22/h4-9,11-12H,3,10H2,1-2H3,(H,23,26). The number of rotatable bonds is 6. The van der Waals surface area contributed by atoms with Crippen molar-refractivity contribution in [3.63, 3.8) is 0 Å². The van der Waals surface area contributed by atoms with Crippen LogP contribution in [0.5, 0.6) is 0 Å². The molecule has 5 nitrogen and oxygen atoms in total. The molecule has 0 radical (unpaired) electrons. The van der Waals surface area contributed by atoms with Crippen molar-refractivity contribution < 1.29 is 4.79 Å². The number of carbonyl (C=O) groups excluding carboxylic acids is 1. The lowest BCUT2D eigenvalue weighted by Gasteiger charge is -2.16. The molecular weight excluding hydrogens is 417 g/mol. The molecule has 1 N–H and O–H groups in total.